The second-order valence-electron chi connectivity index (χ2n) is 6.77. The summed E-state index contributed by atoms with van der Waals surface area (Å²) in [5.41, 5.74) is 0.773. The third-order valence-corrected chi connectivity index (χ3v) is 4.87. The van der Waals surface area contributed by atoms with Crippen molar-refractivity contribution in [3.63, 3.8) is 0 Å². The molecule has 1 fully saturated rings. The lowest BCUT2D eigenvalue weighted by atomic mass is 9.96. The molecule has 0 aromatic heterocycles. The van der Waals surface area contributed by atoms with Gasteiger partial charge in [-0.2, -0.15) is 0 Å². The Bertz CT molecular complexity index is 786. The van der Waals surface area contributed by atoms with Gasteiger partial charge >= 0.3 is 6.03 Å². The van der Waals surface area contributed by atoms with Crippen molar-refractivity contribution in [3.8, 4) is 5.75 Å². The molecule has 1 saturated carbocycles. The molecule has 3 rings (SSSR count). The first kappa shape index (κ1) is 18.8. The average molecular weight is 367 g/mol. The molecular formula is C21H25N3O3. The van der Waals surface area contributed by atoms with E-state index in [4.69, 9.17) is 4.74 Å². The van der Waals surface area contributed by atoms with E-state index in [9.17, 15) is 9.59 Å². The van der Waals surface area contributed by atoms with Gasteiger partial charge in [0.1, 0.15) is 11.3 Å². The topological polar surface area (TPSA) is 79.5 Å². The third kappa shape index (κ3) is 4.78. The van der Waals surface area contributed by atoms with Gasteiger partial charge in [-0.15, -0.1) is 0 Å². The first-order chi connectivity index (χ1) is 13.1. The molecule has 2 aromatic rings. The van der Waals surface area contributed by atoms with Gasteiger partial charge in [0.2, 0.25) is 5.91 Å². The average Bonchev–Trinajstić information content (AvgIpc) is 3.17. The van der Waals surface area contributed by atoms with Gasteiger partial charge in [-0.1, -0.05) is 49.2 Å². The van der Waals surface area contributed by atoms with Crippen LogP contribution >= 0.6 is 0 Å². The number of benzene rings is 2. The standard InChI is InChI=1S/C21H25N3O3/c1-27-18-11-7-10-17(14-18)23-19(25)21(12-5-6-13-21)24-20(26)22-15-16-8-3-2-4-9-16/h2-4,7-11,14H,5-6,12-13,15H2,1H3,(H,23,25)(H2,22,24,26). The molecule has 0 bridgehead atoms. The molecule has 6 heteroatoms. The number of methoxy groups -OCH3 is 1. The molecular weight excluding hydrogens is 342 g/mol. The molecule has 27 heavy (non-hydrogen) atoms. The Hall–Kier alpha value is -3.02. The van der Waals surface area contributed by atoms with Gasteiger partial charge in [-0.05, 0) is 30.5 Å². The first-order valence-corrected chi connectivity index (χ1v) is 9.17. The number of amides is 3. The van der Waals surface area contributed by atoms with Crippen molar-refractivity contribution in [3.05, 3.63) is 60.2 Å². The van der Waals surface area contributed by atoms with Crippen molar-refractivity contribution < 1.29 is 14.3 Å². The predicted octanol–water partition coefficient (Wildman–Crippen LogP) is 3.45. The molecule has 0 saturated heterocycles. The van der Waals surface area contributed by atoms with Crippen LogP contribution in [0.5, 0.6) is 5.75 Å². The Morgan fingerprint density at radius 2 is 1.78 bits per heavy atom. The molecule has 142 valence electrons. The van der Waals surface area contributed by atoms with Crippen LogP contribution in [0.1, 0.15) is 31.2 Å². The van der Waals surface area contributed by atoms with Crippen LogP contribution in [0.2, 0.25) is 0 Å². The van der Waals surface area contributed by atoms with Crippen molar-refractivity contribution in [1.82, 2.24) is 10.6 Å². The van der Waals surface area contributed by atoms with Gasteiger partial charge in [0, 0.05) is 18.3 Å². The summed E-state index contributed by atoms with van der Waals surface area (Å²) in [6, 6.07) is 16.5. The summed E-state index contributed by atoms with van der Waals surface area (Å²) in [5, 5.41) is 8.67. The minimum atomic E-state index is -0.885. The summed E-state index contributed by atoms with van der Waals surface area (Å²) in [6.45, 7) is 0.417. The Balaban J connectivity index is 1.63. The summed E-state index contributed by atoms with van der Waals surface area (Å²) in [5.74, 6) is 0.477. The highest BCUT2D eigenvalue weighted by molar-refractivity contribution is 6.00. The SMILES string of the molecule is COc1cccc(NC(=O)C2(NC(=O)NCc3ccccc3)CCCC2)c1. The summed E-state index contributed by atoms with van der Waals surface area (Å²) >= 11 is 0. The molecule has 0 atom stereocenters. The number of anilines is 1. The number of carbonyl (C=O) groups excluding carboxylic acids is 2. The van der Waals surface area contributed by atoms with E-state index in [1.54, 1.807) is 19.2 Å². The normalized spacial score (nSPS) is 15.0. The van der Waals surface area contributed by atoms with E-state index in [1.807, 2.05) is 42.5 Å². The second kappa shape index (κ2) is 8.58. The second-order valence-corrected chi connectivity index (χ2v) is 6.77. The number of rotatable bonds is 6. The smallest absolute Gasteiger partial charge is 0.315 e. The summed E-state index contributed by atoms with van der Waals surface area (Å²) < 4.78 is 5.19. The van der Waals surface area contributed by atoms with Crippen molar-refractivity contribution in [2.45, 2.75) is 37.8 Å². The lowest BCUT2D eigenvalue weighted by Gasteiger charge is -2.29. The molecule has 0 aliphatic heterocycles. The predicted molar refractivity (Wildman–Crippen MR) is 105 cm³/mol. The van der Waals surface area contributed by atoms with Crippen LogP contribution in [-0.4, -0.2) is 24.6 Å². The van der Waals surface area contributed by atoms with Crippen molar-refractivity contribution in [1.29, 1.82) is 0 Å². The van der Waals surface area contributed by atoms with Crippen molar-refractivity contribution >= 4 is 17.6 Å². The largest absolute Gasteiger partial charge is 0.497 e. The van der Waals surface area contributed by atoms with Crippen LogP contribution in [0.25, 0.3) is 0 Å². The van der Waals surface area contributed by atoms with Gasteiger partial charge < -0.3 is 20.7 Å². The van der Waals surface area contributed by atoms with E-state index in [0.29, 0.717) is 30.8 Å². The molecule has 0 heterocycles. The van der Waals surface area contributed by atoms with Crippen LogP contribution in [-0.2, 0) is 11.3 Å². The number of nitrogens with one attached hydrogen (secondary N) is 3. The van der Waals surface area contributed by atoms with Gasteiger partial charge in [-0.25, -0.2) is 4.79 Å². The molecule has 0 spiro atoms. The van der Waals surface area contributed by atoms with E-state index in [-0.39, 0.29) is 11.9 Å². The van der Waals surface area contributed by atoms with Crippen LogP contribution < -0.4 is 20.7 Å². The number of urea groups is 1. The van der Waals surface area contributed by atoms with E-state index in [0.717, 1.165) is 18.4 Å². The van der Waals surface area contributed by atoms with E-state index in [2.05, 4.69) is 16.0 Å². The number of hydrogen-bond donors (Lipinski definition) is 3. The van der Waals surface area contributed by atoms with Crippen LogP contribution in [0.4, 0.5) is 10.5 Å². The number of ether oxygens (including phenoxy) is 1. The van der Waals surface area contributed by atoms with Crippen molar-refractivity contribution in [2.75, 3.05) is 12.4 Å². The monoisotopic (exact) mass is 367 g/mol. The summed E-state index contributed by atoms with van der Waals surface area (Å²) in [4.78, 5) is 25.4. The fraction of sp³-hybridized carbons (Fsp3) is 0.333. The van der Waals surface area contributed by atoms with Crippen molar-refractivity contribution in [2.24, 2.45) is 0 Å². The minimum Gasteiger partial charge on any atom is -0.497 e. The molecule has 1 aliphatic carbocycles. The van der Waals surface area contributed by atoms with Gasteiger partial charge in [0.15, 0.2) is 0 Å². The fourth-order valence-electron chi connectivity index (χ4n) is 3.38. The zero-order valence-corrected chi connectivity index (χ0v) is 15.5. The van der Waals surface area contributed by atoms with Gasteiger partial charge in [0.05, 0.1) is 7.11 Å². The molecule has 0 radical (unpaired) electrons. The molecule has 3 N–H and O–H groups in total. The highest BCUT2D eigenvalue weighted by Gasteiger charge is 2.42. The molecule has 2 aromatic carbocycles. The lowest BCUT2D eigenvalue weighted by Crippen LogP contribution is -2.57. The highest BCUT2D eigenvalue weighted by Crippen LogP contribution is 2.31. The Kier molecular flexibility index (Phi) is 5.96. The van der Waals surface area contributed by atoms with E-state index in [1.165, 1.54) is 0 Å². The minimum absolute atomic E-state index is 0.192. The maximum absolute atomic E-state index is 13.0. The van der Waals surface area contributed by atoms with Crippen LogP contribution in [0.15, 0.2) is 54.6 Å². The van der Waals surface area contributed by atoms with E-state index < -0.39 is 5.54 Å². The Morgan fingerprint density at radius 3 is 2.48 bits per heavy atom. The molecule has 0 unspecified atom stereocenters. The molecule has 3 amide bonds. The Labute approximate surface area is 159 Å². The van der Waals surface area contributed by atoms with E-state index >= 15 is 0 Å². The molecule has 1 aliphatic rings. The Morgan fingerprint density at radius 1 is 1.04 bits per heavy atom. The zero-order valence-electron chi connectivity index (χ0n) is 15.5. The van der Waals surface area contributed by atoms with Crippen LogP contribution in [0, 0.1) is 0 Å². The summed E-state index contributed by atoms with van der Waals surface area (Å²) in [7, 11) is 1.58. The summed E-state index contributed by atoms with van der Waals surface area (Å²) in [6.07, 6.45) is 3.07. The third-order valence-electron chi connectivity index (χ3n) is 4.87. The number of carbonyl (C=O) groups is 2. The molecule has 6 nitrogen and oxygen atoms in total. The fourth-order valence-corrected chi connectivity index (χ4v) is 3.38. The quantitative estimate of drug-likeness (QED) is 0.732. The van der Waals surface area contributed by atoms with Gasteiger partial charge in [-0.3, -0.25) is 4.79 Å². The zero-order chi connectivity index (χ0) is 19.1. The number of hydrogen-bond acceptors (Lipinski definition) is 3. The maximum atomic E-state index is 13.0. The highest BCUT2D eigenvalue weighted by atomic mass is 16.5. The van der Waals surface area contributed by atoms with Crippen LogP contribution in [0.3, 0.4) is 0 Å². The first-order valence-electron chi connectivity index (χ1n) is 9.17. The van der Waals surface area contributed by atoms with Gasteiger partial charge in [0.25, 0.3) is 0 Å². The maximum Gasteiger partial charge on any atom is 0.315 e. The lowest BCUT2D eigenvalue weighted by molar-refractivity contribution is -0.121.